The Morgan fingerprint density at radius 1 is 1.39 bits per heavy atom. The number of rotatable bonds is 6. The molecule has 5 heteroatoms. The molecule has 0 radical (unpaired) electrons. The number of nitrogens with one attached hydrogen (secondary N) is 1. The van der Waals surface area contributed by atoms with Crippen LogP contribution in [0.3, 0.4) is 0 Å². The summed E-state index contributed by atoms with van der Waals surface area (Å²) in [5.74, 6) is 1.19. The zero-order chi connectivity index (χ0) is 13.8. The second-order valence-corrected chi connectivity index (χ2v) is 6.62. The van der Waals surface area contributed by atoms with Crippen LogP contribution in [0.2, 0.25) is 0 Å². The maximum Gasteiger partial charge on any atom is 0.252 e. The summed E-state index contributed by atoms with van der Waals surface area (Å²) in [7, 11) is 0. The zero-order valence-corrected chi connectivity index (χ0v) is 12.7. The molecule has 4 nitrogen and oxygen atoms in total. The van der Waals surface area contributed by atoms with Gasteiger partial charge < -0.3 is 10.4 Å². The van der Waals surface area contributed by atoms with Gasteiger partial charge >= 0.3 is 0 Å². The fraction of sp³-hybridized carbons (Fsp3) is 0.923. The molecule has 0 aromatic rings. The van der Waals surface area contributed by atoms with Crippen LogP contribution in [-0.4, -0.2) is 58.2 Å². The van der Waals surface area contributed by atoms with Crippen molar-refractivity contribution >= 4 is 17.7 Å². The molecule has 2 N–H and O–H groups in total. The maximum absolute atomic E-state index is 11.9. The lowest BCUT2D eigenvalue weighted by Gasteiger charge is -2.31. The molecule has 1 amide bonds. The standard InChI is InChI=1S/C13H26N2O2S/c1-10(2)15(11(3)4)7-6-14-12(16)13(17)5-8-18-9-13/h10-11,17H,5-9H2,1-4H3,(H,14,16). The van der Waals surface area contributed by atoms with Crippen molar-refractivity contribution in [2.24, 2.45) is 0 Å². The van der Waals surface area contributed by atoms with Crippen LogP contribution < -0.4 is 5.32 Å². The minimum atomic E-state index is -1.13. The molecule has 0 bridgehead atoms. The van der Waals surface area contributed by atoms with E-state index in [0.29, 0.717) is 30.8 Å². The van der Waals surface area contributed by atoms with E-state index in [2.05, 4.69) is 37.9 Å². The van der Waals surface area contributed by atoms with Gasteiger partial charge in [-0.3, -0.25) is 9.69 Å². The molecular weight excluding hydrogens is 248 g/mol. The van der Waals surface area contributed by atoms with Crippen molar-refractivity contribution in [3.05, 3.63) is 0 Å². The Kier molecular flexibility index (Phi) is 5.95. The summed E-state index contributed by atoms with van der Waals surface area (Å²) in [6, 6.07) is 0.930. The average Bonchev–Trinajstić information content (AvgIpc) is 2.71. The first-order valence-corrected chi connectivity index (χ1v) is 7.86. The van der Waals surface area contributed by atoms with Crippen LogP contribution in [-0.2, 0) is 4.79 Å². The Morgan fingerprint density at radius 3 is 2.44 bits per heavy atom. The highest BCUT2D eigenvalue weighted by molar-refractivity contribution is 7.99. The number of hydrogen-bond donors (Lipinski definition) is 2. The molecule has 1 heterocycles. The molecule has 18 heavy (non-hydrogen) atoms. The molecule has 1 aliphatic heterocycles. The van der Waals surface area contributed by atoms with Gasteiger partial charge in [-0.15, -0.1) is 0 Å². The average molecular weight is 274 g/mol. The molecule has 1 aliphatic rings. The van der Waals surface area contributed by atoms with E-state index in [4.69, 9.17) is 0 Å². The van der Waals surface area contributed by atoms with Gasteiger partial charge in [0.2, 0.25) is 0 Å². The molecule has 0 saturated carbocycles. The molecule has 1 fully saturated rings. The molecule has 1 rings (SSSR count). The highest BCUT2D eigenvalue weighted by Gasteiger charge is 2.39. The van der Waals surface area contributed by atoms with E-state index in [-0.39, 0.29) is 5.91 Å². The van der Waals surface area contributed by atoms with Gasteiger partial charge in [0.15, 0.2) is 5.60 Å². The zero-order valence-electron chi connectivity index (χ0n) is 11.9. The second kappa shape index (κ2) is 6.78. The summed E-state index contributed by atoms with van der Waals surface area (Å²) in [6.45, 7) is 10.0. The highest BCUT2D eigenvalue weighted by atomic mass is 32.2. The predicted molar refractivity (Wildman–Crippen MR) is 76.9 cm³/mol. The van der Waals surface area contributed by atoms with Gasteiger partial charge in [-0.2, -0.15) is 11.8 Å². The van der Waals surface area contributed by atoms with Gasteiger partial charge in [0, 0.05) is 30.9 Å². The monoisotopic (exact) mass is 274 g/mol. The fourth-order valence-electron chi connectivity index (χ4n) is 2.31. The van der Waals surface area contributed by atoms with Crippen molar-refractivity contribution in [2.75, 3.05) is 24.6 Å². The summed E-state index contributed by atoms with van der Waals surface area (Å²) >= 11 is 1.64. The SMILES string of the molecule is CC(C)N(CCNC(=O)C1(O)CCSC1)C(C)C. The van der Waals surface area contributed by atoms with Gasteiger partial charge in [0.05, 0.1) is 0 Å². The largest absolute Gasteiger partial charge is 0.379 e. The number of aliphatic hydroxyl groups is 1. The number of hydrogen-bond acceptors (Lipinski definition) is 4. The maximum atomic E-state index is 11.9. The van der Waals surface area contributed by atoms with Crippen molar-refractivity contribution in [3.8, 4) is 0 Å². The molecule has 1 atom stereocenters. The van der Waals surface area contributed by atoms with Crippen LogP contribution in [0, 0.1) is 0 Å². The number of carbonyl (C=O) groups is 1. The molecule has 0 aliphatic carbocycles. The molecule has 106 valence electrons. The van der Waals surface area contributed by atoms with Crippen LogP contribution in [0.15, 0.2) is 0 Å². The lowest BCUT2D eigenvalue weighted by atomic mass is 10.0. The molecule has 0 aromatic carbocycles. The number of nitrogens with zero attached hydrogens (tertiary/aromatic N) is 1. The Bertz CT molecular complexity index is 268. The predicted octanol–water partition coefficient (Wildman–Crippen LogP) is 1.09. The van der Waals surface area contributed by atoms with Gasteiger partial charge in [0.1, 0.15) is 0 Å². The van der Waals surface area contributed by atoms with Crippen LogP contribution in [0.4, 0.5) is 0 Å². The van der Waals surface area contributed by atoms with Crippen molar-refractivity contribution in [1.82, 2.24) is 10.2 Å². The van der Waals surface area contributed by atoms with Crippen molar-refractivity contribution in [3.63, 3.8) is 0 Å². The third-order valence-corrected chi connectivity index (χ3v) is 4.58. The molecule has 0 spiro atoms. The van der Waals surface area contributed by atoms with E-state index in [1.165, 1.54) is 0 Å². The fourth-order valence-corrected chi connectivity index (χ4v) is 3.55. The van der Waals surface area contributed by atoms with Crippen molar-refractivity contribution in [2.45, 2.75) is 51.8 Å². The van der Waals surface area contributed by atoms with E-state index in [1.807, 2.05) is 0 Å². The van der Waals surface area contributed by atoms with E-state index in [9.17, 15) is 9.90 Å². The summed E-state index contributed by atoms with van der Waals surface area (Å²) in [6.07, 6.45) is 0.571. The topological polar surface area (TPSA) is 52.6 Å². The second-order valence-electron chi connectivity index (χ2n) is 5.52. The molecule has 0 aromatic heterocycles. The normalized spacial score (nSPS) is 24.2. The minimum Gasteiger partial charge on any atom is -0.379 e. The number of amides is 1. The van der Waals surface area contributed by atoms with Crippen molar-refractivity contribution in [1.29, 1.82) is 0 Å². The summed E-state index contributed by atoms with van der Waals surface area (Å²) in [5, 5.41) is 13.0. The van der Waals surface area contributed by atoms with Gasteiger partial charge in [0.25, 0.3) is 5.91 Å². The van der Waals surface area contributed by atoms with Gasteiger partial charge in [-0.05, 0) is 39.9 Å². The lowest BCUT2D eigenvalue weighted by Crippen LogP contribution is -2.50. The van der Waals surface area contributed by atoms with Crippen molar-refractivity contribution < 1.29 is 9.90 Å². The quantitative estimate of drug-likeness (QED) is 0.761. The first-order chi connectivity index (χ1) is 8.37. The Labute approximate surface area is 115 Å². The first kappa shape index (κ1) is 15.8. The Balaban J connectivity index is 2.34. The van der Waals surface area contributed by atoms with Crippen LogP contribution in [0.5, 0.6) is 0 Å². The Hall–Kier alpha value is -0.260. The van der Waals surface area contributed by atoms with E-state index in [1.54, 1.807) is 11.8 Å². The summed E-state index contributed by atoms with van der Waals surface area (Å²) in [5.41, 5.74) is -1.13. The first-order valence-electron chi connectivity index (χ1n) is 6.71. The van der Waals surface area contributed by atoms with E-state index < -0.39 is 5.60 Å². The molecule has 1 unspecified atom stereocenters. The van der Waals surface area contributed by atoms with Crippen LogP contribution >= 0.6 is 11.8 Å². The summed E-state index contributed by atoms with van der Waals surface area (Å²) < 4.78 is 0. The minimum absolute atomic E-state index is 0.208. The molecular formula is C13H26N2O2S. The highest BCUT2D eigenvalue weighted by Crippen LogP contribution is 2.27. The Morgan fingerprint density at radius 2 is 2.00 bits per heavy atom. The number of carbonyl (C=O) groups excluding carboxylic acids is 1. The molecule has 1 saturated heterocycles. The number of thioether (sulfide) groups is 1. The van der Waals surface area contributed by atoms with Crippen LogP contribution in [0.1, 0.15) is 34.1 Å². The third kappa shape index (κ3) is 4.14. The summed E-state index contributed by atoms with van der Waals surface area (Å²) in [4.78, 5) is 14.2. The lowest BCUT2D eigenvalue weighted by molar-refractivity contribution is -0.137. The smallest absolute Gasteiger partial charge is 0.252 e. The van der Waals surface area contributed by atoms with Crippen LogP contribution in [0.25, 0.3) is 0 Å². The van der Waals surface area contributed by atoms with Gasteiger partial charge in [-0.25, -0.2) is 0 Å². The third-order valence-electron chi connectivity index (χ3n) is 3.41. The van der Waals surface area contributed by atoms with E-state index >= 15 is 0 Å². The van der Waals surface area contributed by atoms with E-state index in [0.717, 1.165) is 12.3 Å². The van der Waals surface area contributed by atoms with Gasteiger partial charge in [-0.1, -0.05) is 0 Å².